The maximum Gasteiger partial charge on any atom is 0.291 e. The second-order valence-corrected chi connectivity index (χ2v) is 8.43. The third-order valence-corrected chi connectivity index (χ3v) is 6.66. The number of rotatable bonds is 4. The van der Waals surface area contributed by atoms with Gasteiger partial charge in [0.05, 0.1) is 10.9 Å². The number of nitrogens with zero attached hydrogens (tertiary/aromatic N) is 3. The van der Waals surface area contributed by atoms with Crippen molar-refractivity contribution < 1.29 is 14.3 Å². The number of likely N-dealkylation sites (tertiary alicyclic amines) is 1. The molecule has 7 heteroatoms. The number of hydrogen-bond acceptors (Lipinski definition) is 6. The molecule has 24 heavy (non-hydrogen) atoms. The molecule has 1 aromatic heterocycles. The van der Waals surface area contributed by atoms with E-state index in [9.17, 15) is 4.79 Å². The van der Waals surface area contributed by atoms with Gasteiger partial charge in [-0.05, 0) is 31.2 Å². The zero-order chi connectivity index (χ0) is 16.4. The number of thioether (sulfide) groups is 1. The molecular weight excluding hydrogens is 326 g/mol. The van der Waals surface area contributed by atoms with Crippen molar-refractivity contribution in [2.75, 3.05) is 38.7 Å². The largest absolute Gasteiger partial charge is 0.381 e. The summed E-state index contributed by atoms with van der Waals surface area (Å²) in [7, 11) is 0. The molecular formula is C17H23N3O3S. The van der Waals surface area contributed by atoms with Crippen LogP contribution in [0.3, 0.4) is 0 Å². The van der Waals surface area contributed by atoms with E-state index >= 15 is 0 Å². The Hall–Kier alpha value is -1.18. The maximum atomic E-state index is 12.3. The molecule has 0 radical (unpaired) electrons. The van der Waals surface area contributed by atoms with Crippen LogP contribution in [-0.2, 0) is 9.47 Å². The minimum absolute atomic E-state index is 0.0617. The van der Waals surface area contributed by atoms with E-state index in [-0.39, 0.29) is 10.7 Å². The topological polar surface area (TPSA) is 64.6 Å². The van der Waals surface area contributed by atoms with Gasteiger partial charge in [0.15, 0.2) is 0 Å². The van der Waals surface area contributed by atoms with Gasteiger partial charge in [-0.3, -0.25) is 4.79 Å². The molecule has 3 aliphatic rings. The predicted octanol–water partition coefficient (Wildman–Crippen LogP) is 1.62. The highest BCUT2D eigenvalue weighted by Gasteiger charge is 2.51. The molecule has 0 unspecified atom stereocenters. The van der Waals surface area contributed by atoms with E-state index in [1.54, 1.807) is 18.5 Å². The summed E-state index contributed by atoms with van der Waals surface area (Å²) in [6.45, 7) is 4.16. The average molecular weight is 349 g/mol. The SMILES string of the molecule is O=C(c1ncccn1)N1CC2(C[C@@H](OCC3CCOCC3)CS2)C1. The lowest BCUT2D eigenvalue weighted by Crippen LogP contribution is -2.61. The molecule has 3 fully saturated rings. The molecule has 0 bridgehead atoms. The smallest absolute Gasteiger partial charge is 0.291 e. The molecule has 0 N–H and O–H groups in total. The summed E-state index contributed by atoms with van der Waals surface area (Å²) in [6, 6.07) is 1.72. The lowest BCUT2D eigenvalue weighted by molar-refractivity contribution is -0.0119. The summed E-state index contributed by atoms with van der Waals surface area (Å²) in [5.41, 5.74) is 0. The van der Waals surface area contributed by atoms with E-state index in [0.717, 1.165) is 57.9 Å². The Morgan fingerprint density at radius 2 is 2.08 bits per heavy atom. The Bertz CT molecular complexity index is 574. The summed E-state index contributed by atoms with van der Waals surface area (Å²) >= 11 is 1.96. The lowest BCUT2D eigenvalue weighted by atomic mass is 9.92. The van der Waals surface area contributed by atoms with Gasteiger partial charge in [0, 0.05) is 51.1 Å². The van der Waals surface area contributed by atoms with Crippen LogP contribution in [0.2, 0.25) is 0 Å². The first-order valence-electron chi connectivity index (χ1n) is 8.64. The normalized spacial score (nSPS) is 26.5. The van der Waals surface area contributed by atoms with Crippen molar-refractivity contribution in [1.82, 2.24) is 14.9 Å². The highest BCUT2D eigenvalue weighted by atomic mass is 32.2. The van der Waals surface area contributed by atoms with Crippen LogP contribution in [0.15, 0.2) is 18.5 Å². The van der Waals surface area contributed by atoms with Gasteiger partial charge in [0.25, 0.3) is 5.91 Å². The Kier molecular flexibility index (Phi) is 4.74. The molecule has 3 saturated heterocycles. The van der Waals surface area contributed by atoms with Crippen molar-refractivity contribution in [1.29, 1.82) is 0 Å². The molecule has 4 rings (SSSR count). The van der Waals surface area contributed by atoms with Crippen LogP contribution in [0.5, 0.6) is 0 Å². The third kappa shape index (κ3) is 3.43. The van der Waals surface area contributed by atoms with Gasteiger partial charge < -0.3 is 14.4 Å². The molecule has 0 saturated carbocycles. The first-order chi connectivity index (χ1) is 11.7. The van der Waals surface area contributed by atoms with Crippen molar-refractivity contribution in [2.45, 2.75) is 30.1 Å². The highest BCUT2D eigenvalue weighted by Crippen LogP contribution is 2.46. The zero-order valence-electron chi connectivity index (χ0n) is 13.7. The standard InChI is InChI=1S/C17H23N3O3S/c21-16(15-18-4-1-5-19-15)20-11-17(12-20)8-14(10-24-17)23-9-13-2-6-22-7-3-13/h1,4-5,13-14H,2-3,6-12H2/t14-/m1/s1. The summed E-state index contributed by atoms with van der Waals surface area (Å²) in [5, 5.41) is 0. The first-order valence-corrected chi connectivity index (χ1v) is 9.62. The van der Waals surface area contributed by atoms with Gasteiger partial charge in [-0.1, -0.05) is 0 Å². The van der Waals surface area contributed by atoms with E-state index in [2.05, 4.69) is 9.97 Å². The number of aromatic nitrogens is 2. The average Bonchev–Trinajstić information content (AvgIpc) is 3.04. The molecule has 3 aliphatic heterocycles. The van der Waals surface area contributed by atoms with Crippen LogP contribution in [-0.4, -0.2) is 70.3 Å². The first kappa shape index (κ1) is 16.3. The Labute approximate surface area is 146 Å². The van der Waals surface area contributed by atoms with Crippen molar-refractivity contribution in [3.63, 3.8) is 0 Å². The summed E-state index contributed by atoms with van der Waals surface area (Å²) in [5.74, 6) is 1.92. The number of carbonyl (C=O) groups is 1. The lowest BCUT2D eigenvalue weighted by Gasteiger charge is -2.47. The Morgan fingerprint density at radius 1 is 1.33 bits per heavy atom. The molecule has 1 spiro atoms. The number of carbonyl (C=O) groups excluding carboxylic acids is 1. The van der Waals surface area contributed by atoms with E-state index in [4.69, 9.17) is 9.47 Å². The number of ether oxygens (including phenoxy) is 2. The molecule has 4 heterocycles. The third-order valence-electron chi connectivity index (χ3n) is 5.09. The highest BCUT2D eigenvalue weighted by molar-refractivity contribution is 8.01. The van der Waals surface area contributed by atoms with Crippen molar-refractivity contribution >= 4 is 17.7 Å². The molecule has 130 valence electrons. The van der Waals surface area contributed by atoms with Crippen LogP contribution < -0.4 is 0 Å². The number of hydrogen-bond donors (Lipinski definition) is 0. The van der Waals surface area contributed by atoms with Gasteiger partial charge in [-0.2, -0.15) is 0 Å². The molecule has 0 aromatic carbocycles. The summed E-state index contributed by atoms with van der Waals surface area (Å²) in [4.78, 5) is 22.3. The monoisotopic (exact) mass is 349 g/mol. The van der Waals surface area contributed by atoms with Gasteiger partial charge in [-0.15, -0.1) is 11.8 Å². The van der Waals surface area contributed by atoms with Gasteiger partial charge in [0.1, 0.15) is 0 Å². The second kappa shape index (κ2) is 6.98. The van der Waals surface area contributed by atoms with Crippen LogP contribution in [0.25, 0.3) is 0 Å². The van der Waals surface area contributed by atoms with E-state index < -0.39 is 0 Å². The minimum Gasteiger partial charge on any atom is -0.381 e. The molecule has 1 atom stereocenters. The predicted molar refractivity (Wildman–Crippen MR) is 91.0 cm³/mol. The van der Waals surface area contributed by atoms with Gasteiger partial charge in [-0.25, -0.2) is 9.97 Å². The zero-order valence-corrected chi connectivity index (χ0v) is 14.5. The van der Waals surface area contributed by atoms with Crippen LogP contribution in [0.1, 0.15) is 29.9 Å². The van der Waals surface area contributed by atoms with Gasteiger partial charge >= 0.3 is 0 Å². The fraction of sp³-hybridized carbons (Fsp3) is 0.706. The summed E-state index contributed by atoms with van der Waals surface area (Å²) < 4.78 is 11.7. The van der Waals surface area contributed by atoms with Crippen molar-refractivity contribution in [2.24, 2.45) is 5.92 Å². The fourth-order valence-corrected chi connectivity index (χ4v) is 5.21. The van der Waals surface area contributed by atoms with Crippen molar-refractivity contribution in [3.05, 3.63) is 24.3 Å². The van der Waals surface area contributed by atoms with Crippen LogP contribution in [0, 0.1) is 5.92 Å². The minimum atomic E-state index is -0.0617. The molecule has 1 aromatic rings. The summed E-state index contributed by atoms with van der Waals surface area (Å²) in [6.07, 6.45) is 6.82. The van der Waals surface area contributed by atoms with Gasteiger partial charge in [0.2, 0.25) is 5.82 Å². The molecule has 6 nitrogen and oxygen atoms in total. The molecule has 0 aliphatic carbocycles. The Balaban J connectivity index is 1.23. The van der Waals surface area contributed by atoms with E-state index in [1.165, 1.54) is 0 Å². The van der Waals surface area contributed by atoms with E-state index in [0.29, 0.717) is 17.8 Å². The van der Waals surface area contributed by atoms with E-state index in [1.807, 2.05) is 16.7 Å². The Morgan fingerprint density at radius 3 is 2.83 bits per heavy atom. The van der Waals surface area contributed by atoms with Crippen molar-refractivity contribution in [3.8, 4) is 0 Å². The quantitative estimate of drug-likeness (QED) is 0.823. The maximum absolute atomic E-state index is 12.3. The van der Waals surface area contributed by atoms with Crippen LogP contribution in [0.4, 0.5) is 0 Å². The number of amides is 1. The molecule has 1 amide bonds. The second-order valence-electron chi connectivity index (χ2n) is 6.94. The van der Waals surface area contributed by atoms with Crippen LogP contribution >= 0.6 is 11.8 Å². The fourth-order valence-electron chi connectivity index (χ4n) is 3.66.